The molecule has 0 atom stereocenters. The summed E-state index contributed by atoms with van der Waals surface area (Å²) in [7, 11) is 0. The van der Waals surface area contributed by atoms with E-state index in [4.69, 9.17) is 11.6 Å². The molecule has 0 aliphatic heterocycles. The molecule has 0 aliphatic carbocycles. The number of carbonyl (C=O) groups is 1. The van der Waals surface area contributed by atoms with Gasteiger partial charge in [-0.15, -0.1) is 0 Å². The van der Waals surface area contributed by atoms with E-state index < -0.39 is 17.6 Å². The summed E-state index contributed by atoms with van der Waals surface area (Å²) in [6.45, 7) is 0. The molecule has 4 nitrogen and oxygen atoms in total. The van der Waals surface area contributed by atoms with Crippen LogP contribution < -0.4 is 10.2 Å². The first kappa shape index (κ1) is 25.5. The van der Waals surface area contributed by atoms with Crippen molar-refractivity contribution in [1.29, 1.82) is 5.26 Å². The van der Waals surface area contributed by atoms with Crippen LogP contribution >= 0.6 is 11.6 Å². The van der Waals surface area contributed by atoms with Crippen LogP contribution in [0.1, 0.15) is 11.1 Å². The van der Waals surface area contributed by atoms with Crippen molar-refractivity contribution in [3.8, 4) is 6.07 Å². The van der Waals surface area contributed by atoms with Gasteiger partial charge in [0.1, 0.15) is 11.6 Å². The number of amides is 1. The summed E-state index contributed by atoms with van der Waals surface area (Å²) in [4.78, 5) is 14.7. The minimum atomic E-state index is -4.60. The van der Waals surface area contributed by atoms with E-state index in [0.717, 1.165) is 35.3 Å². The Morgan fingerprint density at radius 1 is 0.838 bits per heavy atom. The predicted molar refractivity (Wildman–Crippen MR) is 140 cm³/mol. The van der Waals surface area contributed by atoms with Gasteiger partial charge in [0, 0.05) is 17.1 Å². The Morgan fingerprint density at radius 3 is 1.89 bits per heavy atom. The van der Waals surface area contributed by atoms with E-state index in [0.29, 0.717) is 5.56 Å². The van der Waals surface area contributed by atoms with Crippen LogP contribution in [0.3, 0.4) is 0 Å². The number of alkyl halides is 3. The normalized spacial score (nSPS) is 11.5. The maximum Gasteiger partial charge on any atom is 0.416 e. The SMILES string of the molecule is N#C/C(=C\c1ccc(N(c2ccccc2)c2ccccc2)cc1)C(=O)Nc1cc(C(F)(F)F)ccc1Cl. The van der Waals surface area contributed by atoms with Crippen LogP contribution in [0.15, 0.2) is 109 Å². The Bertz CT molecular complexity index is 1420. The molecule has 37 heavy (non-hydrogen) atoms. The summed E-state index contributed by atoms with van der Waals surface area (Å²) < 4.78 is 39.1. The van der Waals surface area contributed by atoms with Gasteiger partial charge in [-0.05, 0) is 66.2 Å². The zero-order valence-electron chi connectivity index (χ0n) is 19.2. The first-order valence-corrected chi connectivity index (χ1v) is 11.4. The van der Waals surface area contributed by atoms with Gasteiger partial charge in [0.05, 0.1) is 16.3 Å². The maximum absolute atomic E-state index is 13.0. The maximum atomic E-state index is 13.0. The lowest BCUT2D eigenvalue weighted by Gasteiger charge is -2.25. The highest BCUT2D eigenvalue weighted by Crippen LogP contribution is 2.35. The molecule has 1 amide bonds. The van der Waals surface area contributed by atoms with Gasteiger partial charge >= 0.3 is 6.18 Å². The monoisotopic (exact) mass is 517 g/mol. The van der Waals surface area contributed by atoms with E-state index in [2.05, 4.69) is 10.2 Å². The number of benzene rings is 4. The van der Waals surface area contributed by atoms with Crippen molar-refractivity contribution in [3.05, 3.63) is 125 Å². The van der Waals surface area contributed by atoms with Crippen LogP contribution in [0.2, 0.25) is 5.02 Å². The number of para-hydroxylation sites is 2. The van der Waals surface area contributed by atoms with Crippen LogP contribution in [0.4, 0.5) is 35.9 Å². The summed E-state index contributed by atoms with van der Waals surface area (Å²) in [6, 6.07) is 31.1. The second-order valence-corrected chi connectivity index (χ2v) is 8.32. The van der Waals surface area contributed by atoms with Gasteiger partial charge in [-0.3, -0.25) is 4.79 Å². The summed E-state index contributed by atoms with van der Waals surface area (Å²) in [6.07, 6.45) is -3.25. The van der Waals surface area contributed by atoms with Gasteiger partial charge in [0.15, 0.2) is 0 Å². The Kier molecular flexibility index (Phi) is 7.61. The molecule has 184 valence electrons. The lowest BCUT2D eigenvalue weighted by Crippen LogP contribution is -2.15. The van der Waals surface area contributed by atoms with Crippen LogP contribution in [0.5, 0.6) is 0 Å². The molecule has 0 unspecified atom stereocenters. The van der Waals surface area contributed by atoms with Gasteiger partial charge in [-0.1, -0.05) is 60.1 Å². The zero-order valence-corrected chi connectivity index (χ0v) is 20.0. The molecule has 0 saturated heterocycles. The lowest BCUT2D eigenvalue weighted by atomic mass is 10.1. The average Bonchev–Trinajstić information content (AvgIpc) is 2.90. The zero-order chi connectivity index (χ0) is 26.4. The van der Waals surface area contributed by atoms with E-state index in [1.807, 2.05) is 72.8 Å². The number of rotatable bonds is 6. The molecule has 0 spiro atoms. The molecule has 0 fully saturated rings. The molecule has 0 radical (unpaired) electrons. The molecule has 4 aromatic rings. The fourth-order valence-electron chi connectivity index (χ4n) is 3.62. The van der Waals surface area contributed by atoms with Gasteiger partial charge in [-0.2, -0.15) is 18.4 Å². The van der Waals surface area contributed by atoms with Gasteiger partial charge in [-0.25, -0.2) is 0 Å². The summed E-state index contributed by atoms with van der Waals surface area (Å²) in [5.74, 6) is -0.872. The van der Waals surface area contributed by atoms with E-state index >= 15 is 0 Å². The lowest BCUT2D eigenvalue weighted by molar-refractivity contribution is -0.137. The third-order valence-corrected chi connectivity index (χ3v) is 5.73. The Balaban J connectivity index is 1.60. The highest BCUT2D eigenvalue weighted by Gasteiger charge is 2.31. The van der Waals surface area contributed by atoms with Crippen molar-refractivity contribution >= 4 is 46.3 Å². The summed E-state index contributed by atoms with van der Waals surface area (Å²) in [5.41, 5.74) is 1.83. The largest absolute Gasteiger partial charge is 0.416 e. The van der Waals surface area contributed by atoms with Crippen LogP contribution in [0.25, 0.3) is 6.08 Å². The molecule has 0 bridgehead atoms. The molecule has 0 aromatic heterocycles. The minimum absolute atomic E-state index is 0.0788. The summed E-state index contributed by atoms with van der Waals surface area (Å²) >= 11 is 5.96. The second-order valence-electron chi connectivity index (χ2n) is 7.91. The molecule has 8 heteroatoms. The number of nitriles is 1. The molecule has 1 N–H and O–H groups in total. The van der Waals surface area contributed by atoms with Gasteiger partial charge in [0.2, 0.25) is 0 Å². The number of halogens is 4. The van der Waals surface area contributed by atoms with E-state index in [-0.39, 0.29) is 16.3 Å². The second kappa shape index (κ2) is 11.0. The van der Waals surface area contributed by atoms with Crippen LogP contribution in [-0.4, -0.2) is 5.91 Å². The van der Waals surface area contributed by atoms with Crippen molar-refractivity contribution < 1.29 is 18.0 Å². The Hall–Kier alpha value is -4.54. The standard InChI is InChI=1S/C29H19ClF3N3O/c30-26-16-13-22(29(31,32)33)18-27(26)35-28(37)21(19-34)17-20-11-14-25(15-12-20)36(23-7-3-1-4-8-23)24-9-5-2-6-10-24/h1-18H,(H,35,37)/b21-17+. The molecule has 0 heterocycles. The van der Waals surface area contributed by atoms with Crippen molar-refractivity contribution in [1.82, 2.24) is 0 Å². The molecular weight excluding hydrogens is 499 g/mol. The number of hydrogen-bond acceptors (Lipinski definition) is 3. The summed E-state index contributed by atoms with van der Waals surface area (Å²) in [5, 5.41) is 11.7. The first-order chi connectivity index (χ1) is 17.8. The highest BCUT2D eigenvalue weighted by molar-refractivity contribution is 6.34. The number of anilines is 4. The smallest absolute Gasteiger partial charge is 0.320 e. The Labute approximate surface area is 216 Å². The topological polar surface area (TPSA) is 56.1 Å². The van der Waals surface area contributed by atoms with Crippen molar-refractivity contribution in [2.45, 2.75) is 6.18 Å². The molecule has 4 rings (SSSR count). The van der Waals surface area contributed by atoms with Crippen molar-refractivity contribution in [2.75, 3.05) is 10.2 Å². The number of carbonyl (C=O) groups excluding carboxylic acids is 1. The molecular formula is C29H19ClF3N3O. The quantitative estimate of drug-likeness (QED) is 0.206. The van der Waals surface area contributed by atoms with Gasteiger partial charge in [0.25, 0.3) is 5.91 Å². The van der Waals surface area contributed by atoms with Crippen LogP contribution in [-0.2, 0) is 11.0 Å². The third-order valence-electron chi connectivity index (χ3n) is 5.40. The van der Waals surface area contributed by atoms with Crippen LogP contribution in [0, 0.1) is 11.3 Å². The molecule has 0 aliphatic rings. The number of nitrogens with one attached hydrogen (secondary N) is 1. The predicted octanol–water partition coefficient (Wildman–Crippen LogP) is 8.37. The third kappa shape index (κ3) is 6.18. The van der Waals surface area contributed by atoms with Crippen molar-refractivity contribution in [2.24, 2.45) is 0 Å². The highest BCUT2D eigenvalue weighted by atomic mass is 35.5. The fourth-order valence-corrected chi connectivity index (χ4v) is 3.79. The molecule has 4 aromatic carbocycles. The minimum Gasteiger partial charge on any atom is -0.320 e. The fraction of sp³-hybridized carbons (Fsp3) is 0.0345. The van der Waals surface area contributed by atoms with E-state index in [1.54, 1.807) is 18.2 Å². The van der Waals surface area contributed by atoms with Crippen molar-refractivity contribution in [3.63, 3.8) is 0 Å². The number of hydrogen-bond donors (Lipinski definition) is 1. The Morgan fingerprint density at radius 2 is 1.38 bits per heavy atom. The molecule has 0 saturated carbocycles. The first-order valence-electron chi connectivity index (χ1n) is 11.1. The van der Waals surface area contributed by atoms with E-state index in [1.165, 1.54) is 6.08 Å². The number of nitrogens with zero attached hydrogens (tertiary/aromatic N) is 2. The van der Waals surface area contributed by atoms with E-state index in [9.17, 15) is 23.2 Å². The average molecular weight is 518 g/mol. The van der Waals surface area contributed by atoms with Gasteiger partial charge < -0.3 is 10.2 Å².